The van der Waals surface area contributed by atoms with Crippen LogP contribution in [-0.4, -0.2) is 54.4 Å². The van der Waals surface area contributed by atoms with E-state index in [9.17, 15) is 9.90 Å². The number of hydrogen-bond acceptors (Lipinski definition) is 5. The van der Waals surface area contributed by atoms with Crippen LogP contribution in [0, 0.1) is 0 Å². The monoisotopic (exact) mass is 362 g/mol. The molecule has 1 aliphatic carbocycles. The summed E-state index contributed by atoms with van der Waals surface area (Å²) in [4.78, 5) is 14.7. The van der Waals surface area contributed by atoms with Gasteiger partial charge in [0.2, 0.25) is 0 Å². The highest BCUT2D eigenvalue weighted by molar-refractivity contribution is 5.86. The summed E-state index contributed by atoms with van der Waals surface area (Å²) in [6.45, 7) is 3.51. The number of piperidine rings is 1. The fraction of sp³-hybridized carbons (Fsp3) is 0.650. The van der Waals surface area contributed by atoms with Gasteiger partial charge in [0, 0.05) is 30.7 Å². The lowest BCUT2D eigenvalue weighted by Crippen LogP contribution is -2.59. The van der Waals surface area contributed by atoms with Crippen molar-refractivity contribution in [3.05, 3.63) is 23.8 Å². The minimum atomic E-state index is -1.32. The molecule has 0 aromatic heterocycles. The molecule has 0 bridgehead atoms. The first-order valence-corrected chi connectivity index (χ1v) is 9.43. The van der Waals surface area contributed by atoms with Crippen molar-refractivity contribution in [2.75, 3.05) is 27.3 Å². The van der Waals surface area contributed by atoms with Crippen molar-refractivity contribution in [1.29, 1.82) is 0 Å². The van der Waals surface area contributed by atoms with E-state index in [1.54, 1.807) is 19.1 Å². The predicted molar refractivity (Wildman–Crippen MR) is 99.4 cm³/mol. The Bertz CT molecular complexity index is 659. The Morgan fingerprint density at radius 2 is 2.00 bits per heavy atom. The molecule has 1 atom stereocenters. The van der Waals surface area contributed by atoms with E-state index < -0.39 is 5.60 Å². The first-order valence-electron chi connectivity index (χ1n) is 9.43. The van der Waals surface area contributed by atoms with Gasteiger partial charge in [-0.1, -0.05) is 19.1 Å². The molecule has 1 heterocycles. The van der Waals surface area contributed by atoms with Gasteiger partial charge >= 0.3 is 0 Å². The number of amides is 1. The highest BCUT2D eigenvalue weighted by Crippen LogP contribution is 2.39. The van der Waals surface area contributed by atoms with Gasteiger partial charge in [0.15, 0.2) is 17.1 Å². The van der Waals surface area contributed by atoms with Gasteiger partial charge in [0.25, 0.3) is 5.91 Å². The molecular weight excluding hydrogens is 332 g/mol. The van der Waals surface area contributed by atoms with E-state index >= 15 is 0 Å². The molecule has 1 aliphatic heterocycles. The van der Waals surface area contributed by atoms with E-state index in [-0.39, 0.29) is 11.4 Å². The van der Waals surface area contributed by atoms with Gasteiger partial charge < -0.3 is 24.8 Å². The number of methoxy groups -OCH3 is 2. The SMILES string of the molecule is CCC1(NC[C@]2(O)CCCN(Cc3cccc(OC)c3OC)C2=O)CC1. The van der Waals surface area contributed by atoms with Crippen LogP contribution in [0.1, 0.15) is 44.6 Å². The summed E-state index contributed by atoms with van der Waals surface area (Å²) in [5, 5.41) is 14.4. The molecule has 6 nitrogen and oxygen atoms in total. The largest absolute Gasteiger partial charge is 0.493 e. The minimum Gasteiger partial charge on any atom is -0.493 e. The smallest absolute Gasteiger partial charge is 0.256 e. The van der Waals surface area contributed by atoms with Gasteiger partial charge in [0.05, 0.1) is 14.2 Å². The molecule has 1 aromatic rings. The number of nitrogens with zero attached hydrogens (tertiary/aromatic N) is 1. The van der Waals surface area contributed by atoms with Crippen molar-refractivity contribution < 1.29 is 19.4 Å². The van der Waals surface area contributed by atoms with Crippen molar-refractivity contribution in [3.63, 3.8) is 0 Å². The van der Waals surface area contributed by atoms with Gasteiger partial charge in [-0.05, 0) is 38.2 Å². The Balaban J connectivity index is 1.72. The third-order valence-corrected chi connectivity index (χ3v) is 5.84. The predicted octanol–water partition coefficient (Wildman–Crippen LogP) is 2.09. The van der Waals surface area contributed by atoms with Gasteiger partial charge in [-0.15, -0.1) is 0 Å². The van der Waals surface area contributed by atoms with E-state index in [1.807, 2.05) is 18.2 Å². The Morgan fingerprint density at radius 1 is 1.23 bits per heavy atom. The van der Waals surface area contributed by atoms with Gasteiger partial charge in [-0.3, -0.25) is 4.79 Å². The standard InChI is InChI=1S/C20H30N2O4/c1-4-19(10-11-19)21-14-20(24)9-6-12-22(18(20)23)13-15-7-5-8-16(25-2)17(15)26-3/h5,7-8,21,24H,4,6,9-14H2,1-3H3/t20-/m1/s1. The first kappa shape index (κ1) is 19.0. The zero-order valence-electron chi connectivity index (χ0n) is 16.0. The van der Waals surface area contributed by atoms with Crippen molar-refractivity contribution in [1.82, 2.24) is 10.2 Å². The number of benzene rings is 1. The summed E-state index contributed by atoms with van der Waals surface area (Å²) < 4.78 is 10.8. The highest BCUT2D eigenvalue weighted by atomic mass is 16.5. The maximum Gasteiger partial charge on any atom is 0.256 e. The van der Waals surface area contributed by atoms with Crippen LogP contribution in [0.5, 0.6) is 11.5 Å². The maximum atomic E-state index is 13.0. The summed E-state index contributed by atoms with van der Waals surface area (Å²) in [5.74, 6) is 1.08. The molecule has 6 heteroatoms. The van der Waals surface area contributed by atoms with Crippen LogP contribution in [0.4, 0.5) is 0 Å². The number of carbonyl (C=O) groups excluding carboxylic acids is 1. The van der Waals surface area contributed by atoms with E-state index in [4.69, 9.17) is 9.47 Å². The van der Waals surface area contributed by atoms with Crippen LogP contribution >= 0.6 is 0 Å². The van der Waals surface area contributed by atoms with Gasteiger partial charge in [-0.2, -0.15) is 0 Å². The number of nitrogens with one attached hydrogen (secondary N) is 1. The lowest BCUT2D eigenvalue weighted by molar-refractivity contribution is -0.157. The highest BCUT2D eigenvalue weighted by Gasteiger charge is 2.46. The molecular formula is C20H30N2O4. The minimum absolute atomic E-state index is 0.133. The Morgan fingerprint density at radius 3 is 2.62 bits per heavy atom. The molecule has 2 fully saturated rings. The molecule has 0 radical (unpaired) electrons. The fourth-order valence-electron chi connectivity index (χ4n) is 3.80. The lowest BCUT2D eigenvalue weighted by atomic mass is 9.90. The molecule has 1 saturated carbocycles. The van der Waals surface area contributed by atoms with Crippen LogP contribution in [0.2, 0.25) is 0 Å². The lowest BCUT2D eigenvalue weighted by Gasteiger charge is -2.39. The van der Waals surface area contributed by atoms with Gasteiger partial charge in [0.1, 0.15) is 0 Å². The first-order chi connectivity index (χ1) is 12.5. The quantitative estimate of drug-likeness (QED) is 0.741. The number of hydrogen-bond donors (Lipinski definition) is 2. The Hall–Kier alpha value is -1.79. The molecule has 2 aliphatic rings. The van der Waals surface area contributed by atoms with Crippen LogP contribution in [-0.2, 0) is 11.3 Å². The third kappa shape index (κ3) is 3.67. The normalized spacial score (nSPS) is 24.5. The number of carbonyl (C=O) groups is 1. The number of aliphatic hydroxyl groups is 1. The van der Waals surface area contributed by atoms with E-state index in [0.717, 1.165) is 31.2 Å². The molecule has 0 spiro atoms. The summed E-state index contributed by atoms with van der Waals surface area (Å²) in [6.07, 6.45) is 4.57. The van der Waals surface area contributed by atoms with Gasteiger partial charge in [-0.25, -0.2) is 0 Å². The second kappa shape index (κ2) is 7.45. The van der Waals surface area contributed by atoms with Crippen molar-refractivity contribution >= 4 is 5.91 Å². The van der Waals surface area contributed by atoms with E-state index in [2.05, 4.69) is 12.2 Å². The maximum absolute atomic E-state index is 13.0. The number of β-amino-alcohol motifs (C(OH)–C–C–N with tert-alkyl or cyclic N) is 1. The molecule has 144 valence electrons. The Kier molecular flexibility index (Phi) is 5.44. The van der Waals surface area contributed by atoms with E-state index in [0.29, 0.717) is 37.6 Å². The molecule has 0 unspecified atom stereocenters. The number of para-hydroxylation sites is 1. The van der Waals surface area contributed by atoms with Crippen LogP contribution < -0.4 is 14.8 Å². The molecule has 1 amide bonds. The summed E-state index contributed by atoms with van der Waals surface area (Å²) in [5.41, 5.74) is -0.312. The van der Waals surface area contributed by atoms with Crippen LogP contribution in [0.15, 0.2) is 18.2 Å². The summed E-state index contributed by atoms with van der Waals surface area (Å²) in [6, 6.07) is 5.65. The Labute approximate surface area is 155 Å². The van der Waals surface area contributed by atoms with Crippen molar-refractivity contribution in [3.8, 4) is 11.5 Å². The van der Waals surface area contributed by atoms with E-state index in [1.165, 1.54) is 0 Å². The number of rotatable bonds is 8. The second-order valence-electron chi connectivity index (χ2n) is 7.50. The molecule has 26 heavy (non-hydrogen) atoms. The third-order valence-electron chi connectivity index (χ3n) is 5.84. The zero-order valence-corrected chi connectivity index (χ0v) is 16.0. The molecule has 1 aromatic carbocycles. The fourth-order valence-corrected chi connectivity index (χ4v) is 3.80. The second-order valence-corrected chi connectivity index (χ2v) is 7.50. The average molecular weight is 362 g/mol. The molecule has 2 N–H and O–H groups in total. The zero-order chi connectivity index (χ0) is 18.8. The van der Waals surface area contributed by atoms with Crippen molar-refractivity contribution in [2.24, 2.45) is 0 Å². The van der Waals surface area contributed by atoms with Crippen LogP contribution in [0.3, 0.4) is 0 Å². The topological polar surface area (TPSA) is 71.0 Å². The van der Waals surface area contributed by atoms with Crippen LogP contribution in [0.25, 0.3) is 0 Å². The van der Waals surface area contributed by atoms with Crippen molar-refractivity contribution in [2.45, 2.75) is 56.7 Å². The molecule has 1 saturated heterocycles. The number of ether oxygens (including phenoxy) is 2. The summed E-state index contributed by atoms with van der Waals surface area (Å²) >= 11 is 0. The molecule has 3 rings (SSSR count). The summed E-state index contributed by atoms with van der Waals surface area (Å²) in [7, 11) is 3.19. The number of likely N-dealkylation sites (tertiary alicyclic amines) is 1. The average Bonchev–Trinajstić information content (AvgIpc) is 3.44.